The maximum absolute atomic E-state index is 3.57. The van der Waals surface area contributed by atoms with Crippen molar-refractivity contribution in [3.63, 3.8) is 0 Å². The molecule has 1 aliphatic heterocycles. The van der Waals surface area contributed by atoms with Crippen molar-refractivity contribution in [1.29, 1.82) is 0 Å². The summed E-state index contributed by atoms with van der Waals surface area (Å²) in [4.78, 5) is 2.72. The molecule has 0 spiro atoms. The fraction of sp³-hybridized carbons (Fsp3) is 1.00. The first-order valence-corrected chi connectivity index (χ1v) is 7.64. The molecule has 1 aliphatic rings. The molecule has 0 saturated carbocycles. The number of nitrogens with one attached hydrogen (secondary N) is 1. The van der Waals surface area contributed by atoms with E-state index in [-0.39, 0.29) is 0 Å². The Morgan fingerprint density at radius 2 is 1.88 bits per heavy atom. The Labute approximate surface area is 108 Å². The van der Waals surface area contributed by atoms with Gasteiger partial charge in [0.1, 0.15) is 0 Å². The Hall–Kier alpha value is -0.0800. The van der Waals surface area contributed by atoms with Crippen molar-refractivity contribution in [1.82, 2.24) is 10.2 Å². The molecule has 0 aromatic heterocycles. The molecular formula is C15H32N2. The van der Waals surface area contributed by atoms with Gasteiger partial charge >= 0.3 is 0 Å². The maximum atomic E-state index is 3.57. The summed E-state index contributed by atoms with van der Waals surface area (Å²) in [5.74, 6) is 0. The summed E-state index contributed by atoms with van der Waals surface area (Å²) in [6.07, 6.45) is 8.11. The zero-order valence-electron chi connectivity index (χ0n) is 12.3. The highest BCUT2D eigenvalue weighted by molar-refractivity contribution is 4.79. The molecule has 2 nitrogen and oxygen atoms in total. The molecule has 0 aliphatic carbocycles. The van der Waals surface area contributed by atoms with Crippen LogP contribution in [0.25, 0.3) is 0 Å². The molecule has 1 N–H and O–H groups in total. The van der Waals surface area contributed by atoms with Crippen molar-refractivity contribution in [2.45, 2.75) is 84.3 Å². The summed E-state index contributed by atoms with van der Waals surface area (Å²) in [5.41, 5.74) is 0. The Morgan fingerprint density at radius 3 is 2.47 bits per heavy atom. The van der Waals surface area contributed by atoms with Gasteiger partial charge in [-0.1, -0.05) is 13.3 Å². The minimum atomic E-state index is 0.686. The van der Waals surface area contributed by atoms with Crippen LogP contribution in [0.4, 0.5) is 0 Å². The molecule has 0 aromatic carbocycles. The highest BCUT2D eigenvalue weighted by Crippen LogP contribution is 2.22. The van der Waals surface area contributed by atoms with Gasteiger partial charge in [-0.2, -0.15) is 0 Å². The second-order valence-electron chi connectivity index (χ2n) is 5.86. The third-order valence-electron chi connectivity index (χ3n) is 4.17. The highest BCUT2D eigenvalue weighted by atomic mass is 15.2. The molecule has 0 radical (unpaired) electrons. The molecule has 3 atom stereocenters. The van der Waals surface area contributed by atoms with Gasteiger partial charge in [0.15, 0.2) is 0 Å². The molecule has 0 amide bonds. The van der Waals surface area contributed by atoms with Gasteiger partial charge in [0.05, 0.1) is 0 Å². The summed E-state index contributed by atoms with van der Waals surface area (Å²) >= 11 is 0. The summed E-state index contributed by atoms with van der Waals surface area (Å²) in [7, 11) is 0. The number of hydrogen-bond donors (Lipinski definition) is 1. The van der Waals surface area contributed by atoms with E-state index in [1.165, 1.54) is 45.1 Å². The molecule has 1 rings (SSSR count). The lowest BCUT2D eigenvalue weighted by molar-refractivity contribution is 0.100. The average molecular weight is 240 g/mol. The van der Waals surface area contributed by atoms with Crippen molar-refractivity contribution in [3.8, 4) is 0 Å². The van der Waals surface area contributed by atoms with Gasteiger partial charge in [-0.15, -0.1) is 0 Å². The number of nitrogens with zero attached hydrogens (tertiary/aromatic N) is 1. The zero-order chi connectivity index (χ0) is 12.7. The van der Waals surface area contributed by atoms with Crippen LogP contribution < -0.4 is 5.32 Å². The first-order chi connectivity index (χ1) is 8.15. The van der Waals surface area contributed by atoms with Crippen molar-refractivity contribution < 1.29 is 0 Å². The number of piperidine rings is 1. The molecule has 1 unspecified atom stereocenters. The first-order valence-electron chi connectivity index (χ1n) is 7.64. The standard InChI is InChI=1S/C15H32N2/c1-5-11-16-13(2)8-7-12-17-14(3)9-6-10-15(17)4/h13-16H,5-12H2,1-4H3/t13?,14-,15+. The fourth-order valence-electron chi connectivity index (χ4n) is 2.99. The van der Waals surface area contributed by atoms with E-state index in [0.717, 1.165) is 18.6 Å². The highest BCUT2D eigenvalue weighted by Gasteiger charge is 2.23. The van der Waals surface area contributed by atoms with E-state index in [9.17, 15) is 0 Å². The minimum Gasteiger partial charge on any atom is -0.314 e. The van der Waals surface area contributed by atoms with E-state index in [2.05, 4.69) is 37.9 Å². The van der Waals surface area contributed by atoms with Gasteiger partial charge in [-0.25, -0.2) is 0 Å². The third kappa shape index (κ3) is 5.39. The van der Waals surface area contributed by atoms with Gasteiger partial charge in [0.2, 0.25) is 0 Å². The zero-order valence-corrected chi connectivity index (χ0v) is 12.3. The lowest BCUT2D eigenvalue weighted by Gasteiger charge is -2.39. The summed E-state index contributed by atoms with van der Waals surface area (Å²) in [6.45, 7) is 11.8. The van der Waals surface area contributed by atoms with Crippen molar-refractivity contribution >= 4 is 0 Å². The van der Waals surface area contributed by atoms with Crippen LogP contribution in [-0.2, 0) is 0 Å². The molecule has 1 heterocycles. The normalized spacial score (nSPS) is 28.2. The van der Waals surface area contributed by atoms with E-state index in [1.54, 1.807) is 0 Å². The molecule has 0 bridgehead atoms. The fourth-order valence-corrected chi connectivity index (χ4v) is 2.99. The lowest BCUT2D eigenvalue weighted by Crippen LogP contribution is -2.44. The third-order valence-corrected chi connectivity index (χ3v) is 4.17. The van der Waals surface area contributed by atoms with Crippen molar-refractivity contribution in [3.05, 3.63) is 0 Å². The topological polar surface area (TPSA) is 15.3 Å². The summed E-state index contributed by atoms with van der Waals surface area (Å²) in [6, 6.07) is 2.29. The predicted molar refractivity (Wildman–Crippen MR) is 76.5 cm³/mol. The van der Waals surface area contributed by atoms with E-state index in [1.807, 2.05) is 0 Å². The quantitative estimate of drug-likeness (QED) is 0.733. The van der Waals surface area contributed by atoms with Crippen LogP contribution in [0.3, 0.4) is 0 Å². The number of rotatable bonds is 7. The van der Waals surface area contributed by atoms with Crippen LogP contribution >= 0.6 is 0 Å². The average Bonchev–Trinajstić information content (AvgIpc) is 2.30. The maximum Gasteiger partial charge on any atom is 0.00697 e. The Morgan fingerprint density at radius 1 is 1.24 bits per heavy atom. The monoisotopic (exact) mass is 240 g/mol. The van der Waals surface area contributed by atoms with Crippen LogP contribution in [0.5, 0.6) is 0 Å². The minimum absolute atomic E-state index is 0.686. The van der Waals surface area contributed by atoms with Gasteiger partial charge in [0, 0.05) is 18.1 Å². The Kier molecular flexibility index (Phi) is 7.14. The second kappa shape index (κ2) is 8.10. The van der Waals surface area contributed by atoms with Gasteiger partial charge in [-0.05, 0) is 66.0 Å². The van der Waals surface area contributed by atoms with E-state index in [0.29, 0.717) is 6.04 Å². The van der Waals surface area contributed by atoms with Crippen molar-refractivity contribution in [2.75, 3.05) is 13.1 Å². The van der Waals surface area contributed by atoms with Gasteiger partial charge in [-0.3, -0.25) is 4.90 Å². The molecular weight excluding hydrogens is 208 g/mol. The SMILES string of the molecule is CCCNC(C)CCCN1[C@H](C)CCC[C@@H]1C. The van der Waals surface area contributed by atoms with Gasteiger partial charge < -0.3 is 5.32 Å². The summed E-state index contributed by atoms with van der Waals surface area (Å²) < 4.78 is 0. The molecule has 0 aromatic rings. The lowest BCUT2D eigenvalue weighted by atomic mass is 9.97. The van der Waals surface area contributed by atoms with E-state index in [4.69, 9.17) is 0 Å². The molecule has 102 valence electrons. The van der Waals surface area contributed by atoms with Crippen LogP contribution in [-0.4, -0.2) is 36.1 Å². The first kappa shape index (κ1) is 15.0. The van der Waals surface area contributed by atoms with Crippen molar-refractivity contribution in [2.24, 2.45) is 0 Å². The predicted octanol–water partition coefficient (Wildman–Crippen LogP) is 3.42. The van der Waals surface area contributed by atoms with Crippen LogP contribution in [0.1, 0.15) is 66.2 Å². The smallest absolute Gasteiger partial charge is 0.00697 e. The van der Waals surface area contributed by atoms with E-state index < -0.39 is 0 Å². The number of likely N-dealkylation sites (tertiary alicyclic amines) is 1. The van der Waals surface area contributed by atoms with Crippen LogP contribution in [0.15, 0.2) is 0 Å². The Balaban J connectivity index is 2.16. The molecule has 17 heavy (non-hydrogen) atoms. The Bertz CT molecular complexity index is 183. The molecule has 1 fully saturated rings. The van der Waals surface area contributed by atoms with Crippen LogP contribution in [0.2, 0.25) is 0 Å². The molecule has 2 heteroatoms. The second-order valence-corrected chi connectivity index (χ2v) is 5.86. The van der Waals surface area contributed by atoms with Crippen LogP contribution in [0, 0.1) is 0 Å². The number of hydrogen-bond acceptors (Lipinski definition) is 2. The summed E-state index contributed by atoms with van der Waals surface area (Å²) in [5, 5.41) is 3.57. The largest absolute Gasteiger partial charge is 0.314 e. The van der Waals surface area contributed by atoms with E-state index >= 15 is 0 Å². The van der Waals surface area contributed by atoms with Gasteiger partial charge in [0.25, 0.3) is 0 Å². The molecule has 1 saturated heterocycles.